The van der Waals surface area contributed by atoms with Gasteiger partial charge in [0, 0.05) is 45.9 Å². The summed E-state index contributed by atoms with van der Waals surface area (Å²) in [6, 6.07) is 16.7. The lowest BCUT2D eigenvalue weighted by molar-refractivity contribution is 0.247. The number of aromatic nitrogens is 2. The van der Waals surface area contributed by atoms with Crippen molar-refractivity contribution in [3.05, 3.63) is 122 Å². The van der Waals surface area contributed by atoms with Gasteiger partial charge in [-0.25, -0.2) is 4.39 Å². The van der Waals surface area contributed by atoms with Crippen LogP contribution in [-0.2, 0) is 6.54 Å². The fraction of sp³-hybridized carbons (Fsp3) is 0.148. The average Bonchev–Trinajstić information content (AvgIpc) is 3.26. The number of fused-ring (bicyclic) bond motifs is 1. The van der Waals surface area contributed by atoms with Gasteiger partial charge in [-0.15, -0.1) is 0 Å². The van der Waals surface area contributed by atoms with Crippen LogP contribution in [0.2, 0.25) is 5.02 Å². The minimum Gasteiger partial charge on any atom is -0.394 e. The summed E-state index contributed by atoms with van der Waals surface area (Å²) in [7, 11) is 0. The molecule has 0 fully saturated rings. The number of aliphatic imine (C=N–C) groups is 1. The van der Waals surface area contributed by atoms with E-state index in [1.165, 1.54) is 10.6 Å². The third kappa shape index (κ3) is 3.95. The number of hydrogen-bond donors (Lipinski definition) is 1. The molecule has 0 aliphatic carbocycles. The molecular weight excluding hydrogens is 453 g/mol. The maximum atomic E-state index is 15.8. The topological polar surface area (TPSA) is 67.5 Å². The zero-order chi connectivity index (χ0) is 23.8. The van der Waals surface area contributed by atoms with Crippen LogP contribution in [0.5, 0.6) is 0 Å². The third-order valence-electron chi connectivity index (χ3n) is 6.04. The lowest BCUT2D eigenvalue weighted by atomic mass is 9.94. The number of aliphatic hydroxyl groups is 1. The standard InChI is InChI=1S/C27H21ClFN3O2/c1-16-11-19(7-9-30-16)27-25-20(14-31-27)5-6-22(26(25)29)17-8-10-32(24(34)13-17)23(15-33)18-3-2-4-21(28)12-18/h2-13,23,33H,14-15H2,1H3/t23-/m1/s1. The third-order valence-corrected chi connectivity index (χ3v) is 6.28. The number of pyridine rings is 2. The van der Waals surface area contributed by atoms with E-state index in [4.69, 9.17) is 11.6 Å². The Morgan fingerprint density at radius 2 is 1.97 bits per heavy atom. The highest BCUT2D eigenvalue weighted by Crippen LogP contribution is 2.32. The van der Waals surface area contributed by atoms with Gasteiger partial charge in [0.15, 0.2) is 0 Å². The van der Waals surface area contributed by atoms with E-state index < -0.39 is 11.9 Å². The highest BCUT2D eigenvalue weighted by atomic mass is 35.5. The molecule has 1 aliphatic heterocycles. The van der Waals surface area contributed by atoms with Crippen LogP contribution in [0.15, 0.2) is 82.8 Å². The lowest BCUT2D eigenvalue weighted by Crippen LogP contribution is -2.26. The van der Waals surface area contributed by atoms with Gasteiger partial charge in [0.05, 0.1) is 24.9 Å². The molecule has 7 heteroatoms. The van der Waals surface area contributed by atoms with Crippen LogP contribution < -0.4 is 5.56 Å². The van der Waals surface area contributed by atoms with Crippen molar-refractivity contribution in [2.24, 2.45) is 4.99 Å². The molecule has 2 aromatic heterocycles. The van der Waals surface area contributed by atoms with Crippen LogP contribution in [0.1, 0.15) is 34.0 Å². The van der Waals surface area contributed by atoms with Crippen LogP contribution in [-0.4, -0.2) is 27.0 Å². The molecule has 170 valence electrons. The van der Waals surface area contributed by atoms with Gasteiger partial charge in [-0.1, -0.05) is 35.9 Å². The quantitative estimate of drug-likeness (QED) is 0.446. The summed E-state index contributed by atoms with van der Waals surface area (Å²) in [6.45, 7) is 2.01. The zero-order valence-electron chi connectivity index (χ0n) is 18.4. The minimum absolute atomic E-state index is 0.280. The van der Waals surface area contributed by atoms with E-state index in [2.05, 4.69) is 9.98 Å². The summed E-state index contributed by atoms with van der Waals surface area (Å²) in [5, 5.41) is 10.5. The molecule has 1 atom stereocenters. The predicted molar refractivity (Wildman–Crippen MR) is 131 cm³/mol. The van der Waals surface area contributed by atoms with Gasteiger partial charge < -0.3 is 9.67 Å². The van der Waals surface area contributed by atoms with E-state index in [0.717, 1.165) is 16.8 Å². The number of rotatable bonds is 5. The van der Waals surface area contributed by atoms with Crippen molar-refractivity contribution in [3.63, 3.8) is 0 Å². The Morgan fingerprint density at radius 1 is 1.12 bits per heavy atom. The van der Waals surface area contributed by atoms with Crippen molar-refractivity contribution in [3.8, 4) is 11.1 Å². The van der Waals surface area contributed by atoms with E-state index in [-0.39, 0.29) is 12.2 Å². The predicted octanol–water partition coefficient (Wildman–Crippen LogP) is 4.94. The summed E-state index contributed by atoms with van der Waals surface area (Å²) in [5.74, 6) is -0.408. The van der Waals surface area contributed by atoms with Gasteiger partial charge in [0.2, 0.25) is 0 Å². The van der Waals surface area contributed by atoms with Crippen molar-refractivity contribution in [2.45, 2.75) is 19.5 Å². The van der Waals surface area contributed by atoms with Gasteiger partial charge in [-0.3, -0.25) is 14.8 Å². The maximum Gasteiger partial charge on any atom is 0.251 e. The van der Waals surface area contributed by atoms with Crippen LogP contribution in [0.4, 0.5) is 4.39 Å². The number of benzene rings is 2. The summed E-state index contributed by atoms with van der Waals surface area (Å²) in [6.07, 6.45) is 3.26. The summed E-state index contributed by atoms with van der Waals surface area (Å²) < 4.78 is 17.2. The van der Waals surface area contributed by atoms with Crippen LogP contribution >= 0.6 is 11.6 Å². The minimum atomic E-state index is -0.598. The molecule has 3 heterocycles. The van der Waals surface area contributed by atoms with Crippen molar-refractivity contribution in [1.29, 1.82) is 0 Å². The Morgan fingerprint density at radius 3 is 2.71 bits per heavy atom. The fourth-order valence-corrected chi connectivity index (χ4v) is 4.58. The Labute approximate surface area is 200 Å². The highest BCUT2D eigenvalue weighted by molar-refractivity contribution is 6.30. The Hall–Kier alpha value is -3.61. The molecule has 4 aromatic rings. The number of nitrogens with zero attached hydrogens (tertiary/aromatic N) is 3. The molecule has 0 saturated carbocycles. The second kappa shape index (κ2) is 8.97. The van der Waals surface area contributed by atoms with Crippen molar-refractivity contribution >= 4 is 17.3 Å². The fourth-order valence-electron chi connectivity index (χ4n) is 4.38. The second-order valence-electron chi connectivity index (χ2n) is 8.23. The summed E-state index contributed by atoms with van der Waals surface area (Å²) in [4.78, 5) is 21.8. The Balaban J connectivity index is 1.55. The molecule has 2 aromatic carbocycles. The van der Waals surface area contributed by atoms with Crippen molar-refractivity contribution in [2.75, 3.05) is 6.61 Å². The highest BCUT2D eigenvalue weighted by Gasteiger charge is 2.25. The van der Waals surface area contributed by atoms with E-state index in [9.17, 15) is 9.90 Å². The van der Waals surface area contributed by atoms with E-state index in [1.807, 2.05) is 25.1 Å². The van der Waals surface area contributed by atoms with Crippen LogP contribution in [0.25, 0.3) is 11.1 Å². The first-order valence-corrected chi connectivity index (χ1v) is 11.2. The first-order valence-electron chi connectivity index (χ1n) is 10.8. The van der Waals surface area contributed by atoms with Gasteiger partial charge in [0.1, 0.15) is 5.82 Å². The molecule has 0 unspecified atom stereocenters. The molecule has 34 heavy (non-hydrogen) atoms. The molecule has 0 radical (unpaired) electrons. The van der Waals surface area contributed by atoms with Crippen molar-refractivity contribution in [1.82, 2.24) is 9.55 Å². The molecule has 0 spiro atoms. The van der Waals surface area contributed by atoms with Gasteiger partial charge in [-0.05, 0) is 53.9 Å². The SMILES string of the molecule is Cc1cc(C2=NCc3ccc(-c4ccn([C@H](CO)c5cccc(Cl)c5)c(=O)c4)c(F)c32)ccn1. The second-order valence-corrected chi connectivity index (χ2v) is 8.66. The van der Waals surface area contributed by atoms with E-state index in [0.29, 0.717) is 39.5 Å². The molecule has 5 nitrogen and oxygen atoms in total. The molecule has 0 amide bonds. The molecule has 1 N–H and O–H groups in total. The van der Waals surface area contributed by atoms with Gasteiger partial charge in [0.25, 0.3) is 5.56 Å². The molecular formula is C27H21ClFN3O2. The largest absolute Gasteiger partial charge is 0.394 e. The van der Waals surface area contributed by atoms with Gasteiger partial charge >= 0.3 is 0 Å². The first kappa shape index (κ1) is 22.2. The molecule has 0 bridgehead atoms. The van der Waals surface area contributed by atoms with E-state index >= 15 is 4.39 Å². The number of aryl methyl sites for hydroxylation is 1. The number of halogens is 2. The maximum absolute atomic E-state index is 15.8. The van der Waals surface area contributed by atoms with Gasteiger partial charge in [-0.2, -0.15) is 0 Å². The van der Waals surface area contributed by atoms with Crippen LogP contribution in [0, 0.1) is 12.7 Å². The van der Waals surface area contributed by atoms with Crippen LogP contribution in [0.3, 0.4) is 0 Å². The summed E-state index contributed by atoms with van der Waals surface area (Å²) in [5.41, 5.74) is 4.64. The Bertz CT molecular complexity index is 1500. The Kier molecular flexibility index (Phi) is 5.86. The molecule has 5 rings (SSSR count). The number of hydrogen-bond acceptors (Lipinski definition) is 4. The van der Waals surface area contributed by atoms with E-state index in [1.54, 1.807) is 48.8 Å². The molecule has 1 aliphatic rings. The zero-order valence-corrected chi connectivity index (χ0v) is 19.1. The lowest BCUT2D eigenvalue weighted by Gasteiger charge is -2.19. The van der Waals surface area contributed by atoms with Crippen molar-refractivity contribution < 1.29 is 9.50 Å². The first-order chi connectivity index (χ1) is 16.5. The summed E-state index contributed by atoms with van der Waals surface area (Å²) >= 11 is 6.08. The normalized spacial score (nSPS) is 13.5. The number of aliphatic hydroxyl groups excluding tert-OH is 1. The monoisotopic (exact) mass is 473 g/mol. The molecule has 0 saturated heterocycles. The average molecular weight is 474 g/mol. The smallest absolute Gasteiger partial charge is 0.251 e.